The molecule has 22 heavy (non-hydrogen) atoms. The van der Waals surface area contributed by atoms with Gasteiger partial charge in [0.05, 0.1) is 16.8 Å². The number of aryl methyl sites for hydroxylation is 2. The highest BCUT2D eigenvalue weighted by atomic mass is 35.5. The molecule has 0 saturated carbocycles. The van der Waals surface area contributed by atoms with Gasteiger partial charge in [-0.1, -0.05) is 35.4 Å². The van der Waals surface area contributed by atoms with Crippen molar-refractivity contribution in [2.75, 3.05) is 0 Å². The fourth-order valence-electron chi connectivity index (χ4n) is 2.59. The summed E-state index contributed by atoms with van der Waals surface area (Å²) >= 11 is 6.06. The number of carbonyl (C=O) groups is 1. The molecule has 0 unspecified atom stereocenters. The highest BCUT2D eigenvalue weighted by molar-refractivity contribution is 6.31. The van der Waals surface area contributed by atoms with Crippen LogP contribution in [0.15, 0.2) is 42.5 Å². The van der Waals surface area contributed by atoms with Crippen molar-refractivity contribution in [3.05, 3.63) is 64.2 Å². The van der Waals surface area contributed by atoms with Crippen LogP contribution in [0.4, 0.5) is 0 Å². The first-order chi connectivity index (χ1) is 10.5. The second-order valence-electron chi connectivity index (χ2n) is 5.35. The highest BCUT2D eigenvalue weighted by Crippen LogP contribution is 2.29. The largest absolute Gasteiger partial charge is 0.478 e. The summed E-state index contributed by atoms with van der Waals surface area (Å²) in [5.74, 6) is -0.983. The molecular formula is C18H14ClNO2. The Morgan fingerprint density at radius 3 is 2.59 bits per heavy atom. The number of pyridine rings is 1. The fourth-order valence-corrected chi connectivity index (χ4v) is 2.86. The molecule has 0 spiro atoms. The first kappa shape index (κ1) is 14.5. The van der Waals surface area contributed by atoms with Gasteiger partial charge in [0.2, 0.25) is 0 Å². The molecule has 2 aromatic carbocycles. The number of halogens is 1. The smallest absolute Gasteiger partial charge is 0.336 e. The summed E-state index contributed by atoms with van der Waals surface area (Å²) in [6, 6.07) is 12.9. The van der Waals surface area contributed by atoms with Crippen LogP contribution in [-0.2, 0) is 0 Å². The Kier molecular flexibility index (Phi) is 3.59. The molecule has 0 aliphatic rings. The average molecular weight is 312 g/mol. The molecular weight excluding hydrogens is 298 g/mol. The normalized spacial score (nSPS) is 10.9. The van der Waals surface area contributed by atoms with Crippen molar-refractivity contribution in [3.8, 4) is 11.3 Å². The number of rotatable bonds is 2. The lowest BCUT2D eigenvalue weighted by atomic mass is 10.0. The quantitative estimate of drug-likeness (QED) is 0.734. The van der Waals surface area contributed by atoms with E-state index in [0.29, 0.717) is 21.6 Å². The Balaban J connectivity index is 2.37. The summed E-state index contributed by atoms with van der Waals surface area (Å²) in [6.07, 6.45) is 0. The molecule has 1 aromatic heterocycles. The molecule has 4 heteroatoms. The van der Waals surface area contributed by atoms with Crippen molar-refractivity contribution in [3.63, 3.8) is 0 Å². The molecule has 0 fully saturated rings. The van der Waals surface area contributed by atoms with E-state index < -0.39 is 5.97 Å². The first-order valence-electron chi connectivity index (χ1n) is 6.87. The summed E-state index contributed by atoms with van der Waals surface area (Å²) < 4.78 is 0. The number of hydrogen-bond donors (Lipinski definition) is 1. The van der Waals surface area contributed by atoms with Crippen LogP contribution in [-0.4, -0.2) is 16.1 Å². The van der Waals surface area contributed by atoms with Crippen LogP contribution in [0.1, 0.15) is 21.5 Å². The minimum absolute atomic E-state index is 0.215. The maximum absolute atomic E-state index is 11.6. The van der Waals surface area contributed by atoms with Gasteiger partial charge in [0.25, 0.3) is 0 Å². The van der Waals surface area contributed by atoms with Crippen molar-refractivity contribution in [2.45, 2.75) is 13.8 Å². The molecule has 3 rings (SSSR count). The molecule has 0 atom stereocenters. The number of nitrogens with zero attached hydrogens (tertiary/aromatic N) is 1. The van der Waals surface area contributed by atoms with Crippen LogP contribution >= 0.6 is 11.6 Å². The fraction of sp³-hybridized carbons (Fsp3) is 0.111. The van der Waals surface area contributed by atoms with Crippen LogP contribution in [0.5, 0.6) is 0 Å². The molecule has 110 valence electrons. The van der Waals surface area contributed by atoms with Crippen molar-refractivity contribution in [2.24, 2.45) is 0 Å². The van der Waals surface area contributed by atoms with E-state index in [-0.39, 0.29) is 5.56 Å². The number of fused-ring (bicyclic) bond motifs is 1. The van der Waals surface area contributed by atoms with Crippen molar-refractivity contribution in [1.82, 2.24) is 4.98 Å². The van der Waals surface area contributed by atoms with Gasteiger partial charge in [-0.3, -0.25) is 0 Å². The molecule has 3 aromatic rings. The summed E-state index contributed by atoms with van der Waals surface area (Å²) in [7, 11) is 0. The van der Waals surface area contributed by atoms with Crippen LogP contribution in [0.3, 0.4) is 0 Å². The molecule has 0 bridgehead atoms. The predicted octanol–water partition coefficient (Wildman–Crippen LogP) is 4.87. The monoisotopic (exact) mass is 311 g/mol. The molecule has 0 saturated heterocycles. The van der Waals surface area contributed by atoms with Gasteiger partial charge in [-0.05, 0) is 43.7 Å². The summed E-state index contributed by atoms with van der Waals surface area (Å²) in [4.78, 5) is 16.3. The van der Waals surface area contributed by atoms with Crippen molar-refractivity contribution >= 4 is 28.5 Å². The molecule has 1 N–H and O–H groups in total. The van der Waals surface area contributed by atoms with E-state index in [1.807, 2.05) is 38.1 Å². The minimum Gasteiger partial charge on any atom is -0.478 e. The summed E-state index contributed by atoms with van der Waals surface area (Å²) in [5.41, 5.74) is 4.40. The summed E-state index contributed by atoms with van der Waals surface area (Å²) in [6.45, 7) is 3.88. The third kappa shape index (κ3) is 2.55. The van der Waals surface area contributed by atoms with Gasteiger partial charge < -0.3 is 5.11 Å². The van der Waals surface area contributed by atoms with Gasteiger partial charge in [0.15, 0.2) is 0 Å². The van der Waals surface area contributed by atoms with Crippen LogP contribution in [0, 0.1) is 13.8 Å². The first-order valence-corrected chi connectivity index (χ1v) is 7.25. The van der Waals surface area contributed by atoms with Crippen LogP contribution in [0.2, 0.25) is 5.02 Å². The standard InChI is InChI=1S/C18H14ClNO2/c1-10-4-3-5-12(6-10)16-9-15(18(21)22)14-8-13(19)7-11(2)17(14)20-16/h3-9H,1-2H3,(H,21,22). The van der Waals surface area contributed by atoms with Gasteiger partial charge in [0.1, 0.15) is 0 Å². The second-order valence-corrected chi connectivity index (χ2v) is 5.78. The van der Waals surface area contributed by atoms with Gasteiger partial charge >= 0.3 is 5.97 Å². The summed E-state index contributed by atoms with van der Waals surface area (Å²) in [5, 5.41) is 10.6. The zero-order valence-corrected chi connectivity index (χ0v) is 13.0. The average Bonchev–Trinajstić information content (AvgIpc) is 2.46. The molecule has 3 nitrogen and oxygen atoms in total. The Bertz CT molecular complexity index is 903. The van der Waals surface area contributed by atoms with Crippen LogP contribution in [0.25, 0.3) is 22.2 Å². The van der Waals surface area contributed by atoms with E-state index in [1.165, 1.54) is 0 Å². The maximum Gasteiger partial charge on any atom is 0.336 e. The number of carboxylic acids is 1. The Labute approximate surface area is 133 Å². The van der Waals surface area contributed by atoms with Gasteiger partial charge in [0, 0.05) is 16.0 Å². The highest BCUT2D eigenvalue weighted by Gasteiger charge is 2.15. The molecule has 0 amide bonds. The lowest BCUT2D eigenvalue weighted by molar-refractivity contribution is 0.0699. The number of hydrogen-bond acceptors (Lipinski definition) is 2. The minimum atomic E-state index is -0.983. The zero-order chi connectivity index (χ0) is 15.9. The predicted molar refractivity (Wildman–Crippen MR) is 88.6 cm³/mol. The van der Waals surface area contributed by atoms with Crippen molar-refractivity contribution in [1.29, 1.82) is 0 Å². The molecule has 0 radical (unpaired) electrons. The Morgan fingerprint density at radius 1 is 1.14 bits per heavy atom. The number of aromatic nitrogens is 1. The van der Waals surface area contributed by atoms with E-state index in [1.54, 1.807) is 18.2 Å². The molecule has 1 heterocycles. The van der Waals surface area contributed by atoms with E-state index >= 15 is 0 Å². The zero-order valence-electron chi connectivity index (χ0n) is 12.2. The van der Waals surface area contributed by atoms with E-state index in [0.717, 1.165) is 16.7 Å². The molecule has 0 aliphatic heterocycles. The van der Waals surface area contributed by atoms with E-state index in [2.05, 4.69) is 4.98 Å². The van der Waals surface area contributed by atoms with Gasteiger partial charge in [-0.25, -0.2) is 9.78 Å². The SMILES string of the molecule is Cc1cccc(-c2cc(C(=O)O)c3cc(Cl)cc(C)c3n2)c1. The molecule has 0 aliphatic carbocycles. The maximum atomic E-state index is 11.6. The number of carboxylic acid groups (broad SMARTS) is 1. The Morgan fingerprint density at radius 2 is 1.91 bits per heavy atom. The van der Waals surface area contributed by atoms with Crippen molar-refractivity contribution < 1.29 is 9.90 Å². The van der Waals surface area contributed by atoms with E-state index in [9.17, 15) is 9.90 Å². The number of aromatic carboxylic acids is 1. The third-order valence-electron chi connectivity index (χ3n) is 3.61. The second kappa shape index (κ2) is 5.43. The van der Waals surface area contributed by atoms with Gasteiger partial charge in [-0.15, -0.1) is 0 Å². The Hall–Kier alpha value is -2.39. The third-order valence-corrected chi connectivity index (χ3v) is 3.83. The lowest BCUT2D eigenvalue weighted by Crippen LogP contribution is -2.01. The topological polar surface area (TPSA) is 50.2 Å². The van der Waals surface area contributed by atoms with Crippen LogP contribution < -0.4 is 0 Å². The number of benzene rings is 2. The van der Waals surface area contributed by atoms with Gasteiger partial charge in [-0.2, -0.15) is 0 Å². The lowest BCUT2D eigenvalue weighted by Gasteiger charge is -2.10. The van der Waals surface area contributed by atoms with E-state index in [4.69, 9.17) is 11.6 Å².